The SMILES string of the molecule is N#CC(C#N)=c1nc2ccc3nc(=C(C#N)C#N)nc4ccc(n1)c2c34. The Morgan fingerprint density at radius 1 is 0.538 bits per heavy atom. The number of hydrogen-bond donors (Lipinski definition) is 0. The van der Waals surface area contributed by atoms with Crippen LogP contribution in [0.1, 0.15) is 0 Å². The first kappa shape index (κ1) is 14.9. The van der Waals surface area contributed by atoms with Gasteiger partial charge in [0.1, 0.15) is 24.3 Å². The normalized spacial score (nSPS) is 10.2. The molecule has 0 saturated heterocycles. The largest absolute Gasteiger partial charge is 0.227 e. The molecule has 0 bridgehead atoms. The summed E-state index contributed by atoms with van der Waals surface area (Å²) in [5.41, 5.74) is 1.98. The molecule has 0 fully saturated rings. The second-order valence-corrected chi connectivity index (χ2v) is 5.25. The van der Waals surface area contributed by atoms with Gasteiger partial charge < -0.3 is 0 Å². The minimum atomic E-state index is -0.170. The van der Waals surface area contributed by atoms with E-state index in [0.717, 1.165) is 0 Å². The second-order valence-electron chi connectivity index (χ2n) is 5.25. The minimum Gasteiger partial charge on any atom is -0.227 e. The first-order chi connectivity index (χ1) is 12.7. The molecule has 0 unspecified atom stereocenters. The van der Waals surface area contributed by atoms with E-state index in [-0.39, 0.29) is 22.1 Å². The van der Waals surface area contributed by atoms with E-state index in [0.29, 0.717) is 32.8 Å². The smallest absolute Gasteiger partial charge is 0.182 e. The van der Waals surface area contributed by atoms with Crippen molar-refractivity contribution < 1.29 is 0 Å². The van der Waals surface area contributed by atoms with Crippen LogP contribution in [0, 0.1) is 45.3 Å². The second kappa shape index (κ2) is 5.46. The number of nitrogens with zero attached hydrogens (tertiary/aromatic N) is 8. The number of nitriles is 4. The summed E-state index contributed by atoms with van der Waals surface area (Å²) in [5, 5.41) is 37.6. The van der Waals surface area contributed by atoms with Gasteiger partial charge in [0, 0.05) is 10.8 Å². The zero-order valence-corrected chi connectivity index (χ0v) is 12.9. The van der Waals surface area contributed by atoms with Gasteiger partial charge in [-0.25, -0.2) is 19.9 Å². The summed E-state index contributed by atoms with van der Waals surface area (Å²) in [7, 11) is 0. The molecule has 2 heterocycles. The molecule has 4 rings (SSSR count). The first-order valence-electron chi connectivity index (χ1n) is 7.25. The Kier molecular flexibility index (Phi) is 3.13. The number of rotatable bonds is 0. The Bertz CT molecular complexity index is 1300. The Morgan fingerprint density at radius 2 is 0.808 bits per heavy atom. The molecule has 0 aliphatic heterocycles. The maximum atomic E-state index is 9.05. The van der Waals surface area contributed by atoms with Gasteiger partial charge in [0.25, 0.3) is 0 Å². The molecule has 2 aromatic heterocycles. The van der Waals surface area contributed by atoms with Crippen LogP contribution in [0.3, 0.4) is 0 Å². The van der Waals surface area contributed by atoms with Gasteiger partial charge in [0.05, 0.1) is 22.1 Å². The zero-order valence-electron chi connectivity index (χ0n) is 12.9. The first-order valence-corrected chi connectivity index (χ1v) is 7.25. The van der Waals surface area contributed by atoms with E-state index in [4.69, 9.17) is 21.0 Å². The lowest BCUT2D eigenvalue weighted by atomic mass is 10.0. The van der Waals surface area contributed by atoms with Crippen LogP contribution in [0.2, 0.25) is 0 Å². The molecule has 0 saturated carbocycles. The Balaban J connectivity index is 2.26. The van der Waals surface area contributed by atoms with Crippen LogP contribution >= 0.6 is 0 Å². The summed E-state index contributed by atoms with van der Waals surface area (Å²) in [6.45, 7) is 0. The van der Waals surface area contributed by atoms with Gasteiger partial charge in [0.15, 0.2) is 22.1 Å². The molecule has 0 radical (unpaired) electrons. The predicted octanol–water partition coefficient (Wildman–Crippen LogP) is 0.560. The lowest BCUT2D eigenvalue weighted by Gasteiger charge is -2.08. The molecule has 8 nitrogen and oxygen atoms in total. The number of benzene rings is 2. The molecule has 8 heteroatoms. The molecular weight excluding hydrogens is 328 g/mol. The Hall–Kier alpha value is -4.66. The third-order valence-electron chi connectivity index (χ3n) is 3.87. The maximum absolute atomic E-state index is 9.05. The van der Waals surface area contributed by atoms with Gasteiger partial charge in [-0.05, 0) is 24.3 Å². The summed E-state index contributed by atoms with van der Waals surface area (Å²) < 4.78 is 0. The molecule has 0 aliphatic carbocycles. The fourth-order valence-electron chi connectivity index (χ4n) is 2.78. The van der Waals surface area contributed by atoms with Crippen LogP contribution in [0.4, 0.5) is 0 Å². The molecule has 4 aromatic rings. The third-order valence-corrected chi connectivity index (χ3v) is 3.87. The van der Waals surface area contributed by atoms with E-state index in [9.17, 15) is 0 Å². The van der Waals surface area contributed by atoms with Crippen molar-refractivity contribution in [3.8, 4) is 24.3 Å². The molecule has 26 heavy (non-hydrogen) atoms. The summed E-state index contributed by atoms with van der Waals surface area (Å²) in [6, 6.07) is 13.9. The highest BCUT2D eigenvalue weighted by Crippen LogP contribution is 2.29. The van der Waals surface area contributed by atoms with Gasteiger partial charge in [0.2, 0.25) is 0 Å². The van der Waals surface area contributed by atoms with Crippen molar-refractivity contribution in [2.45, 2.75) is 0 Å². The summed E-state index contributed by atoms with van der Waals surface area (Å²) in [6.07, 6.45) is 0. The topological polar surface area (TPSA) is 147 Å². The maximum Gasteiger partial charge on any atom is 0.182 e. The third kappa shape index (κ3) is 1.98. The molecule has 0 spiro atoms. The monoisotopic (exact) mass is 332 g/mol. The van der Waals surface area contributed by atoms with Crippen molar-refractivity contribution in [2.75, 3.05) is 0 Å². The van der Waals surface area contributed by atoms with Crippen molar-refractivity contribution >= 4 is 44.0 Å². The van der Waals surface area contributed by atoms with Gasteiger partial charge >= 0.3 is 0 Å². The Morgan fingerprint density at radius 3 is 1.04 bits per heavy atom. The molecule has 0 atom stereocenters. The van der Waals surface area contributed by atoms with E-state index in [1.54, 1.807) is 48.5 Å². The van der Waals surface area contributed by atoms with E-state index >= 15 is 0 Å². The van der Waals surface area contributed by atoms with Crippen molar-refractivity contribution in [3.05, 3.63) is 35.2 Å². The minimum absolute atomic E-state index is 0.0621. The number of aromatic nitrogens is 4. The average Bonchev–Trinajstić information content (AvgIpc) is 2.67. The lowest BCUT2D eigenvalue weighted by Crippen LogP contribution is -2.18. The van der Waals surface area contributed by atoms with Crippen molar-refractivity contribution in [2.24, 2.45) is 0 Å². The zero-order chi connectivity index (χ0) is 18.3. The highest BCUT2D eigenvalue weighted by Gasteiger charge is 2.13. The van der Waals surface area contributed by atoms with E-state index in [1.807, 2.05) is 0 Å². The lowest BCUT2D eigenvalue weighted by molar-refractivity contribution is 1.14. The van der Waals surface area contributed by atoms with Gasteiger partial charge in [-0.1, -0.05) is 0 Å². The van der Waals surface area contributed by atoms with Crippen LogP contribution in [0.25, 0.3) is 44.0 Å². The fourth-order valence-corrected chi connectivity index (χ4v) is 2.78. The Labute approximate surface area is 145 Å². The molecule has 0 aliphatic rings. The standard InChI is InChI=1S/C18H4N8/c19-5-9(6-20)17-23-11-1-2-12-16-14(4-3-13(25-17)15(11)16)26-18(24-12)10(7-21)8-22/h1-4H. The number of hydrogen-bond acceptors (Lipinski definition) is 8. The summed E-state index contributed by atoms with van der Waals surface area (Å²) >= 11 is 0. The predicted molar refractivity (Wildman–Crippen MR) is 89.8 cm³/mol. The van der Waals surface area contributed by atoms with Crippen molar-refractivity contribution in [1.82, 2.24) is 19.9 Å². The van der Waals surface area contributed by atoms with Crippen molar-refractivity contribution in [3.63, 3.8) is 0 Å². The van der Waals surface area contributed by atoms with Crippen LogP contribution in [0.15, 0.2) is 24.3 Å². The summed E-state index contributed by atoms with van der Waals surface area (Å²) in [4.78, 5) is 17.2. The van der Waals surface area contributed by atoms with E-state index in [2.05, 4.69) is 19.9 Å². The molecule has 0 N–H and O–H groups in total. The highest BCUT2D eigenvalue weighted by molar-refractivity contribution is 6.19. The average molecular weight is 332 g/mol. The van der Waals surface area contributed by atoms with Gasteiger partial charge in [-0.15, -0.1) is 0 Å². The van der Waals surface area contributed by atoms with Gasteiger partial charge in [-0.3, -0.25) is 0 Å². The van der Waals surface area contributed by atoms with Crippen LogP contribution in [-0.2, 0) is 0 Å². The quantitative estimate of drug-likeness (QED) is 0.424. The van der Waals surface area contributed by atoms with Crippen LogP contribution in [-0.4, -0.2) is 19.9 Å². The fraction of sp³-hybridized carbons (Fsp3) is 0. The molecule has 116 valence electrons. The van der Waals surface area contributed by atoms with Crippen LogP contribution in [0.5, 0.6) is 0 Å². The van der Waals surface area contributed by atoms with Crippen molar-refractivity contribution in [1.29, 1.82) is 21.0 Å². The molecule has 0 amide bonds. The molecular formula is C18H4N8. The van der Waals surface area contributed by atoms with E-state index < -0.39 is 0 Å². The van der Waals surface area contributed by atoms with Crippen LogP contribution < -0.4 is 11.0 Å². The molecule has 2 aromatic carbocycles. The summed E-state index contributed by atoms with van der Waals surface area (Å²) in [5.74, 6) is 0. The van der Waals surface area contributed by atoms with E-state index in [1.165, 1.54) is 0 Å². The highest BCUT2D eigenvalue weighted by atomic mass is 14.9. The van der Waals surface area contributed by atoms with Gasteiger partial charge in [-0.2, -0.15) is 21.0 Å².